The van der Waals surface area contributed by atoms with Gasteiger partial charge in [-0.15, -0.1) is 11.6 Å². The fourth-order valence-electron chi connectivity index (χ4n) is 1.66. The quantitative estimate of drug-likeness (QED) is 0.862. The normalized spacial score (nSPS) is 12.3. The predicted octanol–water partition coefficient (Wildman–Crippen LogP) is 2.38. The van der Waals surface area contributed by atoms with E-state index >= 15 is 0 Å². The molecule has 0 saturated carbocycles. The molecule has 18 heavy (non-hydrogen) atoms. The minimum Gasteiger partial charge on any atom is -0.352 e. The highest BCUT2D eigenvalue weighted by Crippen LogP contribution is 2.13. The number of hydrogen-bond acceptors (Lipinski definition) is 3. The van der Waals surface area contributed by atoms with Crippen molar-refractivity contribution < 1.29 is 4.79 Å². The lowest BCUT2D eigenvalue weighted by molar-refractivity contribution is 0.0955. The van der Waals surface area contributed by atoms with Gasteiger partial charge in [-0.3, -0.25) is 14.8 Å². The molecule has 0 fully saturated rings. The fourth-order valence-corrected chi connectivity index (χ4v) is 1.76. The molecule has 4 nitrogen and oxygen atoms in total. The first-order valence-electron chi connectivity index (χ1n) is 5.80. The van der Waals surface area contributed by atoms with Crippen molar-refractivity contribution in [2.24, 2.45) is 0 Å². The molecule has 0 bridgehead atoms. The topological polar surface area (TPSA) is 54.9 Å². The van der Waals surface area contributed by atoms with Crippen LogP contribution in [0.2, 0.25) is 0 Å². The summed E-state index contributed by atoms with van der Waals surface area (Å²) < 4.78 is 0. The van der Waals surface area contributed by atoms with Gasteiger partial charge in [0.05, 0.1) is 11.1 Å². The van der Waals surface area contributed by atoms with Gasteiger partial charge in [0.15, 0.2) is 0 Å². The first kappa shape index (κ1) is 12.8. The zero-order valence-corrected chi connectivity index (χ0v) is 10.8. The number of nitrogens with one attached hydrogen (secondary N) is 1. The Kier molecular flexibility index (Phi) is 4.10. The van der Waals surface area contributed by atoms with Crippen LogP contribution in [0.1, 0.15) is 23.7 Å². The third-order valence-electron chi connectivity index (χ3n) is 2.57. The minimum absolute atomic E-state index is 0.0533. The summed E-state index contributed by atoms with van der Waals surface area (Å²) in [6.45, 7) is 2.46. The van der Waals surface area contributed by atoms with Gasteiger partial charge in [0, 0.05) is 24.3 Å². The lowest BCUT2D eigenvalue weighted by Gasteiger charge is -2.07. The van der Waals surface area contributed by atoms with E-state index in [4.69, 9.17) is 11.6 Å². The second-order valence-corrected chi connectivity index (χ2v) is 4.80. The number of para-hydroxylation sites is 1. The van der Waals surface area contributed by atoms with Gasteiger partial charge in [-0.1, -0.05) is 6.07 Å². The van der Waals surface area contributed by atoms with Gasteiger partial charge < -0.3 is 5.32 Å². The monoisotopic (exact) mass is 263 g/mol. The van der Waals surface area contributed by atoms with Crippen LogP contribution < -0.4 is 5.32 Å². The van der Waals surface area contributed by atoms with Crippen molar-refractivity contribution >= 4 is 28.5 Å². The van der Waals surface area contributed by atoms with Crippen molar-refractivity contribution in [2.75, 3.05) is 6.54 Å². The number of fused-ring (bicyclic) bond motifs is 1. The van der Waals surface area contributed by atoms with Crippen LogP contribution in [0.25, 0.3) is 11.0 Å². The third-order valence-corrected chi connectivity index (χ3v) is 2.79. The van der Waals surface area contributed by atoms with Crippen LogP contribution >= 0.6 is 11.6 Å². The molecule has 2 aromatic rings. The number of benzene rings is 1. The minimum atomic E-state index is -0.140. The number of amides is 1. The summed E-state index contributed by atoms with van der Waals surface area (Å²) >= 11 is 5.83. The van der Waals surface area contributed by atoms with Gasteiger partial charge in [0.1, 0.15) is 5.52 Å². The number of rotatable bonds is 4. The number of alkyl halides is 1. The Morgan fingerprint density at radius 1 is 1.39 bits per heavy atom. The van der Waals surface area contributed by atoms with E-state index in [1.54, 1.807) is 24.5 Å². The van der Waals surface area contributed by atoms with E-state index < -0.39 is 0 Å². The van der Waals surface area contributed by atoms with Gasteiger partial charge in [-0.25, -0.2) is 0 Å². The molecule has 5 heteroatoms. The van der Waals surface area contributed by atoms with E-state index in [2.05, 4.69) is 15.3 Å². The first-order valence-corrected chi connectivity index (χ1v) is 6.24. The van der Waals surface area contributed by atoms with Crippen LogP contribution in [-0.4, -0.2) is 27.8 Å². The largest absolute Gasteiger partial charge is 0.352 e. The van der Waals surface area contributed by atoms with Crippen molar-refractivity contribution in [3.8, 4) is 0 Å². The van der Waals surface area contributed by atoms with Crippen LogP contribution in [0, 0.1) is 0 Å². The SMILES string of the molecule is CC(Cl)CCNC(=O)c1cccc2nccnc12. The number of carbonyl (C=O) groups excluding carboxylic acids is 1. The van der Waals surface area contributed by atoms with Crippen molar-refractivity contribution in [1.82, 2.24) is 15.3 Å². The van der Waals surface area contributed by atoms with Crippen LogP contribution in [-0.2, 0) is 0 Å². The predicted molar refractivity (Wildman–Crippen MR) is 71.8 cm³/mol. The Bertz CT molecular complexity index is 551. The maximum atomic E-state index is 12.0. The summed E-state index contributed by atoms with van der Waals surface area (Å²) in [4.78, 5) is 20.4. The standard InChI is InChI=1S/C13H14ClN3O/c1-9(14)5-6-17-13(18)10-3-2-4-11-12(10)16-8-7-15-11/h2-4,7-9H,5-6H2,1H3,(H,17,18). The molecule has 1 N–H and O–H groups in total. The lowest BCUT2D eigenvalue weighted by Crippen LogP contribution is -2.26. The zero-order valence-electron chi connectivity index (χ0n) is 10.1. The third kappa shape index (κ3) is 2.96. The van der Waals surface area contributed by atoms with Gasteiger partial charge in [0.25, 0.3) is 5.91 Å². The molecule has 1 amide bonds. The van der Waals surface area contributed by atoms with Gasteiger partial charge in [-0.05, 0) is 25.5 Å². The second-order valence-electron chi connectivity index (χ2n) is 4.05. The highest BCUT2D eigenvalue weighted by Gasteiger charge is 2.10. The molecule has 94 valence electrons. The van der Waals surface area contributed by atoms with Crippen LogP contribution in [0.15, 0.2) is 30.6 Å². The lowest BCUT2D eigenvalue weighted by atomic mass is 10.1. The number of carbonyl (C=O) groups is 1. The Morgan fingerprint density at radius 3 is 2.94 bits per heavy atom. The Balaban J connectivity index is 2.17. The summed E-state index contributed by atoms with van der Waals surface area (Å²) in [6.07, 6.45) is 3.93. The van der Waals surface area contributed by atoms with E-state index in [0.717, 1.165) is 11.9 Å². The molecule has 0 radical (unpaired) electrons. The Morgan fingerprint density at radius 2 is 2.17 bits per heavy atom. The average Bonchev–Trinajstić information content (AvgIpc) is 2.37. The molecule has 0 spiro atoms. The molecule has 1 aromatic heterocycles. The zero-order chi connectivity index (χ0) is 13.0. The highest BCUT2D eigenvalue weighted by atomic mass is 35.5. The average molecular weight is 264 g/mol. The van der Waals surface area contributed by atoms with Crippen molar-refractivity contribution in [3.63, 3.8) is 0 Å². The number of halogens is 1. The van der Waals surface area contributed by atoms with Crippen LogP contribution in [0.4, 0.5) is 0 Å². The number of aromatic nitrogens is 2. The van der Waals surface area contributed by atoms with Crippen molar-refractivity contribution in [1.29, 1.82) is 0 Å². The molecule has 0 aliphatic carbocycles. The maximum absolute atomic E-state index is 12.0. The molecule has 1 atom stereocenters. The molecule has 1 aromatic carbocycles. The molecule has 0 saturated heterocycles. The number of nitrogens with zero attached hydrogens (tertiary/aromatic N) is 2. The van der Waals surface area contributed by atoms with E-state index in [9.17, 15) is 4.79 Å². The Hall–Kier alpha value is -1.68. The van der Waals surface area contributed by atoms with Crippen molar-refractivity contribution in [2.45, 2.75) is 18.7 Å². The van der Waals surface area contributed by atoms with E-state index in [1.807, 2.05) is 13.0 Å². The smallest absolute Gasteiger partial charge is 0.253 e. The van der Waals surface area contributed by atoms with Crippen LogP contribution in [0.3, 0.4) is 0 Å². The molecule has 0 aliphatic heterocycles. The summed E-state index contributed by atoms with van der Waals surface area (Å²) in [5, 5.41) is 2.88. The fraction of sp³-hybridized carbons (Fsp3) is 0.308. The molecular formula is C13H14ClN3O. The molecular weight excluding hydrogens is 250 g/mol. The van der Waals surface area contributed by atoms with Crippen molar-refractivity contribution in [3.05, 3.63) is 36.2 Å². The number of hydrogen-bond donors (Lipinski definition) is 1. The summed E-state index contributed by atoms with van der Waals surface area (Å²) in [5.74, 6) is -0.140. The van der Waals surface area contributed by atoms with Gasteiger partial charge in [0.2, 0.25) is 0 Å². The highest BCUT2D eigenvalue weighted by molar-refractivity contribution is 6.20. The van der Waals surface area contributed by atoms with Gasteiger partial charge in [-0.2, -0.15) is 0 Å². The van der Waals surface area contributed by atoms with Crippen LogP contribution in [0.5, 0.6) is 0 Å². The maximum Gasteiger partial charge on any atom is 0.253 e. The van der Waals surface area contributed by atoms with E-state index in [-0.39, 0.29) is 11.3 Å². The summed E-state index contributed by atoms with van der Waals surface area (Å²) in [5.41, 5.74) is 1.88. The summed E-state index contributed by atoms with van der Waals surface area (Å²) in [7, 11) is 0. The molecule has 1 unspecified atom stereocenters. The van der Waals surface area contributed by atoms with E-state index in [1.165, 1.54) is 0 Å². The molecule has 0 aliphatic rings. The molecule has 1 heterocycles. The second kappa shape index (κ2) is 5.78. The van der Waals surface area contributed by atoms with Gasteiger partial charge >= 0.3 is 0 Å². The van der Waals surface area contributed by atoms with E-state index in [0.29, 0.717) is 17.6 Å². The molecule has 2 rings (SSSR count). The first-order chi connectivity index (χ1) is 8.68. The summed E-state index contributed by atoms with van der Waals surface area (Å²) in [6, 6.07) is 5.38. The Labute approximate surface area is 110 Å².